The van der Waals surface area contributed by atoms with E-state index in [4.69, 9.17) is 0 Å². The molecule has 2 aromatic rings. The molecule has 0 bridgehead atoms. The standard InChI is InChI=1S/C23H31FN4O/c1-4-25-23(26-14-7-10-18-9-6-12-21(24)17-18)27-15-13-19-8-5-11-20(16-19)22(29)28(2)3/h5-6,8-9,11-12,16-17H,4,7,10,13-15H2,1-3H3,(H2,25,26,27). The molecule has 0 saturated carbocycles. The van der Waals surface area contributed by atoms with Crippen molar-refractivity contribution in [2.75, 3.05) is 33.7 Å². The van der Waals surface area contributed by atoms with Gasteiger partial charge in [0.05, 0.1) is 0 Å². The molecule has 0 aliphatic carbocycles. The Hall–Kier alpha value is -2.89. The minimum Gasteiger partial charge on any atom is -0.357 e. The van der Waals surface area contributed by atoms with E-state index >= 15 is 0 Å². The van der Waals surface area contributed by atoms with Gasteiger partial charge in [0.1, 0.15) is 5.82 Å². The summed E-state index contributed by atoms with van der Waals surface area (Å²) in [6.45, 7) is 4.19. The molecule has 29 heavy (non-hydrogen) atoms. The molecule has 0 aliphatic heterocycles. The molecule has 0 aromatic heterocycles. The van der Waals surface area contributed by atoms with Crippen LogP contribution in [0.25, 0.3) is 0 Å². The number of nitrogens with zero attached hydrogens (tertiary/aromatic N) is 2. The van der Waals surface area contributed by atoms with Crippen LogP contribution in [0.2, 0.25) is 0 Å². The minimum atomic E-state index is -0.197. The quantitative estimate of drug-likeness (QED) is 0.387. The lowest BCUT2D eigenvalue weighted by molar-refractivity contribution is 0.0827. The minimum absolute atomic E-state index is 0.00741. The zero-order valence-electron chi connectivity index (χ0n) is 17.5. The molecule has 0 fully saturated rings. The van der Waals surface area contributed by atoms with Gasteiger partial charge in [-0.15, -0.1) is 0 Å². The predicted molar refractivity (Wildman–Crippen MR) is 117 cm³/mol. The molecular weight excluding hydrogens is 367 g/mol. The Morgan fingerprint density at radius 3 is 2.45 bits per heavy atom. The molecule has 0 radical (unpaired) electrons. The van der Waals surface area contributed by atoms with Crippen molar-refractivity contribution in [3.8, 4) is 0 Å². The highest BCUT2D eigenvalue weighted by molar-refractivity contribution is 5.94. The zero-order valence-corrected chi connectivity index (χ0v) is 17.5. The Bertz CT molecular complexity index is 820. The van der Waals surface area contributed by atoms with E-state index in [1.54, 1.807) is 31.1 Å². The first-order chi connectivity index (χ1) is 14.0. The van der Waals surface area contributed by atoms with E-state index in [-0.39, 0.29) is 11.7 Å². The largest absolute Gasteiger partial charge is 0.357 e. The molecule has 5 nitrogen and oxygen atoms in total. The molecule has 0 saturated heterocycles. The van der Waals surface area contributed by atoms with Crippen LogP contribution < -0.4 is 10.6 Å². The van der Waals surface area contributed by atoms with Gasteiger partial charge >= 0.3 is 0 Å². The Kier molecular flexibility index (Phi) is 9.15. The highest BCUT2D eigenvalue weighted by Crippen LogP contribution is 2.08. The van der Waals surface area contributed by atoms with Crippen LogP contribution in [-0.4, -0.2) is 50.5 Å². The smallest absolute Gasteiger partial charge is 0.253 e. The van der Waals surface area contributed by atoms with Crippen LogP contribution in [0.15, 0.2) is 53.5 Å². The molecule has 0 spiro atoms. The SMILES string of the molecule is CCNC(=NCCCc1cccc(F)c1)NCCc1cccc(C(=O)N(C)C)c1. The Labute approximate surface area is 173 Å². The molecule has 0 atom stereocenters. The first kappa shape index (κ1) is 22.4. The average Bonchev–Trinajstić information content (AvgIpc) is 2.70. The number of carbonyl (C=O) groups is 1. The lowest BCUT2D eigenvalue weighted by Gasteiger charge is -2.13. The summed E-state index contributed by atoms with van der Waals surface area (Å²) in [7, 11) is 3.51. The lowest BCUT2D eigenvalue weighted by atomic mass is 10.1. The summed E-state index contributed by atoms with van der Waals surface area (Å²) in [6, 6.07) is 14.4. The number of hydrogen-bond acceptors (Lipinski definition) is 2. The second-order valence-electron chi connectivity index (χ2n) is 7.07. The molecular formula is C23H31FN4O. The fraction of sp³-hybridized carbons (Fsp3) is 0.391. The number of amides is 1. The van der Waals surface area contributed by atoms with E-state index in [9.17, 15) is 9.18 Å². The lowest BCUT2D eigenvalue weighted by Crippen LogP contribution is -2.38. The van der Waals surface area contributed by atoms with E-state index in [0.29, 0.717) is 12.1 Å². The van der Waals surface area contributed by atoms with E-state index in [0.717, 1.165) is 49.4 Å². The number of halogens is 1. The third kappa shape index (κ3) is 7.94. The van der Waals surface area contributed by atoms with Gasteiger partial charge in [-0.05, 0) is 61.6 Å². The molecule has 2 aromatic carbocycles. The van der Waals surface area contributed by atoms with Gasteiger partial charge in [0.15, 0.2) is 5.96 Å². The topological polar surface area (TPSA) is 56.7 Å². The van der Waals surface area contributed by atoms with Crippen LogP contribution in [0.1, 0.15) is 34.8 Å². The predicted octanol–water partition coefficient (Wildman–Crippen LogP) is 3.26. The number of nitrogens with one attached hydrogen (secondary N) is 2. The molecule has 1 amide bonds. The van der Waals surface area contributed by atoms with Gasteiger partial charge in [0, 0.05) is 39.3 Å². The third-order valence-electron chi connectivity index (χ3n) is 4.41. The van der Waals surface area contributed by atoms with Crippen LogP contribution in [0.4, 0.5) is 4.39 Å². The van der Waals surface area contributed by atoms with Gasteiger partial charge in [0.25, 0.3) is 5.91 Å². The van der Waals surface area contributed by atoms with Gasteiger partial charge in [-0.2, -0.15) is 0 Å². The van der Waals surface area contributed by atoms with Crippen molar-refractivity contribution in [1.82, 2.24) is 15.5 Å². The maximum absolute atomic E-state index is 13.2. The second kappa shape index (κ2) is 11.8. The zero-order chi connectivity index (χ0) is 21.1. The summed E-state index contributed by atoms with van der Waals surface area (Å²) in [4.78, 5) is 18.3. The van der Waals surface area contributed by atoms with Crippen molar-refractivity contribution >= 4 is 11.9 Å². The van der Waals surface area contributed by atoms with Gasteiger partial charge in [-0.3, -0.25) is 9.79 Å². The molecule has 2 N–H and O–H groups in total. The van der Waals surface area contributed by atoms with Crippen LogP contribution in [-0.2, 0) is 12.8 Å². The van der Waals surface area contributed by atoms with Crippen LogP contribution in [0.3, 0.4) is 0 Å². The normalized spacial score (nSPS) is 11.2. The van der Waals surface area contributed by atoms with Gasteiger partial charge in [-0.1, -0.05) is 24.3 Å². The van der Waals surface area contributed by atoms with Crippen LogP contribution in [0.5, 0.6) is 0 Å². The molecule has 156 valence electrons. The van der Waals surface area contributed by atoms with Gasteiger partial charge in [0.2, 0.25) is 0 Å². The van der Waals surface area contributed by atoms with Gasteiger partial charge in [-0.25, -0.2) is 4.39 Å². The molecule has 0 heterocycles. The van der Waals surface area contributed by atoms with E-state index in [2.05, 4.69) is 15.6 Å². The summed E-state index contributed by atoms with van der Waals surface area (Å²) in [5, 5.41) is 6.57. The average molecular weight is 399 g/mol. The van der Waals surface area contributed by atoms with E-state index in [1.165, 1.54) is 6.07 Å². The monoisotopic (exact) mass is 398 g/mol. The molecule has 6 heteroatoms. The van der Waals surface area contributed by atoms with Crippen molar-refractivity contribution in [1.29, 1.82) is 0 Å². The van der Waals surface area contributed by atoms with Crippen molar-refractivity contribution in [2.24, 2.45) is 4.99 Å². The summed E-state index contributed by atoms with van der Waals surface area (Å²) in [5.41, 5.74) is 2.79. The fourth-order valence-electron chi connectivity index (χ4n) is 2.95. The fourth-order valence-corrected chi connectivity index (χ4v) is 2.95. The number of carbonyl (C=O) groups excluding carboxylic acids is 1. The number of guanidine groups is 1. The Morgan fingerprint density at radius 1 is 1.03 bits per heavy atom. The van der Waals surface area contributed by atoms with E-state index in [1.807, 2.05) is 37.3 Å². The number of hydrogen-bond donors (Lipinski definition) is 2. The highest BCUT2D eigenvalue weighted by Gasteiger charge is 2.08. The molecule has 2 rings (SSSR count). The Balaban J connectivity index is 1.82. The first-order valence-corrected chi connectivity index (χ1v) is 10.1. The maximum atomic E-state index is 13.2. The van der Waals surface area contributed by atoms with E-state index < -0.39 is 0 Å². The van der Waals surface area contributed by atoms with Crippen LogP contribution >= 0.6 is 0 Å². The van der Waals surface area contributed by atoms with Crippen molar-refractivity contribution in [2.45, 2.75) is 26.2 Å². The second-order valence-corrected chi connectivity index (χ2v) is 7.07. The number of rotatable bonds is 9. The summed E-state index contributed by atoms with van der Waals surface area (Å²) >= 11 is 0. The molecule has 0 aliphatic rings. The maximum Gasteiger partial charge on any atom is 0.253 e. The van der Waals surface area contributed by atoms with Gasteiger partial charge < -0.3 is 15.5 Å². The Morgan fingerprint density at radius 2 is 1.76 bits per heavy atom. The first-order valence-electron chi connectivity index (χ1n) is 10.1. The van der Waals surface area contributed by atoms with Crippen molar-refractivity contribution in [3.05, 3.63) is 71.0 Å². The number of aryl methyl sites for hydroxylation is 1. The molecule has 0 unspecified atom stereocenters. The van der Waals surface area contributed by atoms with Crippen molar-refractivity contribution < 1.29 is 9.18 Å². The third-order valence-corrected chi connectivity index (χ3v) is 4.41. The summed E-state index contributed by atoms with van der Waals surface area (Å²) < 4.78 is 13.2. The number of aliphatic imine (C=N–C) groups is 1. The van der Waals surface area contributed by atoms with Crippen LogP contribution in [0, 0.1) is 5.82 Å². The van der Waals surface area contributed by atoms with Crippen molar-refractivity contribution in [3.63, 3.8) is 0 Å². The summed E-state index contributed by atoms with van der Waals surface area (Å²) in [6.07, 6.45) is 2.45. The number of benzene rings is 2. The summed E-state index contributed by atoms with van der Waals surface area (Å²) in [5.74, 6) is 0.581. The highest BCUT2D eigenvalue weighted by atomic mass is 19.1.